The highest BCUT2D eigenvalue weighted by Crippen LogP contribution is 2.41. The fraction of sp³-hybridized carbons (Fsp3) is 0.351. The first-order valence-corrected chi connectivity index (χ1v) is 45.9. The highest BCUT2D eigenvalue weighted by Gasteiger charge is 2.54. The van der Waals surface area contributed by atoms with Crippen LogP contribution in [-0.2, 0) is 59.2 Å². The van der Waals surface area contributed by atoms with Crippen molar-refractivity contribution in [3.05, 3.63) is 209 Å². The molecule has 45 heteroatoms. The molecule has 14 heterocycles. The Morgan fingerprint density at radius 1 is 0.566 bits per heavy atom. The number of methoxy groups -OCH3 is 2. The maximum absolute atomic E-state index is 14.3. The van der Waals surface area contributed by atoms with Gasteiger partial charge in [-0.1, -0.05) is 46.9 Å². The average Bonchev–Trinajstić information content (AvgIpc) is 1.67. The number of rotatable bonds is 16. The fourth-order valence-electron chi connectivity index (χ4n) is 11.6. The van der Waals surface area contributed by atoms with E-state index in [1.807, 2.05) is 96.8 Å². The number of ether oxygens (including phenoxy) is 2. The molecule has 0 radical (unpaired) electrons. The molecule has 16 rings (SSSR count). The normalized spacial score (nSPS) is 14.5. The van der Waals surface area contributed by atoms with Gasteiger partial charge in [0.15, 0.2) is 11.3 Å². The van der Waals surface area contributed by atoms with Crippen molar-refractivity contribution in [3.8, 4) is 32.8 Å². The molecule has 0 amide bonds. The molecule has 2 aliphatic rings. The Bertz CT molecular complexity index is 5960. The first-order valence-electron chi connectivity index (χ1n) is 36.6. The highest BCUT2D eigenvalue weighted by atomic mass is 127. The lowest BCUT2D eigenvalue weighted by molar-refractivity contribution is 0.00578. The third-order valence-corrected chi connectivity index (χ3v) is 24.3. The van der Waals surface area contributed by atoms with Crippen molar-refractivity contribution in [3.63, 3.8) is 0 Å². The summed E-state index contributed by atoms with van der Waals surface area (Å²) in [4.78, 5) is 72.5. The molecule has 2 aromatic carbocycles. The molecule has 14 aromatic rings. The topological polar surface area (TPSA) is 365 Å². The van der Waals surface area contributed by atoms with Crippen molar-refractivity contribution in [1.29, 1.82) is 0 Å². The molecule has 2 fully saturated rings. The van der Waals surface area contributed by atoms with Crippen LogP contribution >= 0.6 is 135 Å². The largest absolute Gasteiger partial charge is 0.640 e. The van der Waals surface area contributed by atoms with E-state index in [4.69, 9.17) is 64.5 Å². The van der Waals surface area contributed by atoms with Crippen molar-refractivity contribution in [2.75, 3.05) is 36.9 Å². The van der Waals surface area contributed by atoms with Gasteiger partial charge in [-0.15, -0.1) is 45.3 Å². The summed E-state index contributed by atoms with van der Waals surface area (Å²) in [5.74, 6) is -1.73. The van der Waals surface area contributed by atoms with Crippen molar-refractivity contribution < 1.29 is 64.4 Å². The van der Waals surface area contributed by atoms with Gasteiger partial charge in [0, 0.05) is 63.5 Å². The molecule has 2 unspecified atom stereocenters. The predicted molar refractivity (Wildman–Crippen MR) is 492 cm³/mol. The first kappa shape index (κ1) is 98.4. The first-order chi connectivity index (χ1) is 57.9. The maximum atomic E-state index is 14.3. The Kier molecular flexibility index (Phi) is 35.2. The molecule has 6 N–H and O–H groups in total. The second kappa shape index (κ2) is 43.7. The van der Waals surface area contributed by atoms with Gasteiger partial charge >= 0.3 is 14.4 Å². The van der Waals surface area contributed by atoms with E-state index >= 15 is 0 Å². The van der Waals surface area contributed by atoms with E-state index in [2.05, 4.69) is 104 Å². The molecule has 29 nitrogen and oxygen atoms in total. The zero-order valence-electron chi connectivity index (χ0n) is 68.6. The van der Waals surface area contributed by atoms with Gasteiger partial charge in [0.25, 0.3) is 11.1 Å². The number of benzene rings is 2. The smallest absolute Gasteiger partial charge is 0.399 e. The standard InChI is InChI=1S/C26H20F2N8O2S.C21H14F2IN7O.C11H18BNO3S.C9H19BO3.2C4H4BrNOS.CH3FS.CH3I/c1-13(36-25-21(24(29)31-12-32-25)23(34-36)17-9-30-19(39-17)11-38-2)22-20(14-4-3-5-15(27)8-14)26(37)35-10-16(28)6-7-18(35)33-22;1-10(31-20-16(18(24)29-31)19(25)26-9-27-20)17-15(11-3-2-4-12(22)7-11)21(32)30-8-13(23)5-6-14(30)28-17;1-10(2)11(3,4)16-12(15-10)8-6-13-9(17-8)7-14-5;1-7(2)11-10-12-8(3,4)9(5,6)13-10;2*5-3-1-6-4(2-7)8-3;1-3-2;1-2/h3-10,12-13H,11H2,1-2H3,(H2,29,31,32);2-10H,1H3,(H2,25,26,27);6H,7H2,1-5H3;7H,1-6H3;2*1,7H,2H2;1H3;1H3. The van der Waals surface area contributed by atoms with Crippen LogP contribution in [0.1, 0.15) is 127 Å². The highest BCUT2D eigenvalue weighted by molar-refractivity contribution is 14.1. The summed E-state index contributed by atoms with van der Waals surface area (Å²) in [6, 6.07) is 15.2. The van der Waals surface area contributed by atoms with Gasteiger partial charge < -0.3 is 54.4 Å². The molecule has 0 saturated carbocycles. The van der Waals surface area contributed by atoms with E-state index in [0.717, 1.165) is 58.5 Å². The third kappa shape index (κ3) is 23.8. The molecule has 0 bridgehead atoms. The lowest BCUT2D eigenvalue weighted by Gasteiger charge is -2.32. The fourth-order valence-corrected chi connectivity index (χ4v) is 16.4. The Hall–Kier alpha value is -7.43. The van der Waals surface area contributed by atoms with Gasteiger partial charge in [0.2, 0.25) is 0 Å². The van der Waals surface area contributed by atoms with Gasteiger partial charge in [-0.2, -0.15) is 14.1 Å². The van der Waals surface area contributed by atoms with Crippen LogP contribution in [0.15, 0.2) is 140 Å². The van der Waals surface area contributed by atoms with Gasteiger partial charge in [0.05, 0.1) is 124 Å². The number of hydrogen-bond acceptors (Lipinski definition) is 30. The lowest BCUT2D eigenvalue weighted by Crippen LogP contribution is -2.41. The summed E-state index contributed by atoms with van der Waals surface area (Å²) in [5.41, 5.74) is 13.4. The number of aliphatic hydroxyl groups excluding tert-OH is 2. The van der Waals surface area contributed by atoms with E-state index in [0.29, 0.717) is 67.2 Å². The molecular formula is C77H85B2Br2F5I2N18O11S5. The number of aliphatic hydroxyl groups is 2. The van der Waals surface area contributed by atoms with E-state index in [-0.39, 0.29) is 95.0 Å². The maximum Gasteiger partial charge on any atom is 0.640 e. The predicted octanol–water partition coefficient (Wildman–Crippen LogP) is 16.5. The third-order valence-electron chi connectivity index (χ3n) is 18.7. The zero-order valence-corrected chi connectivity index (χ0v) is 80.2. The number of nitrogens with two attached hydrogens (primary N) is 2. The van der Waals surface area contributed by atoms with Gasteiger partial charge in [-0.05, 0) is 202 Å². The van der Waals surface area contributed by atoms with Crippen molar-refractivity contribution in [2.24, 2.45) is 0 Å². The average molecular weight is 2130 g/mol. The Balaban J connectivity index is 0.000000180. The molecule has 122 heavy (non-hydrogen) atoms. The van der Waals surface area contributed by atoms with Gasteiger partial charge in [0.1, 0.15) is 88.3 Å². The van der Waals surface area contributed by atoms with Crippen LogP contribution in [0.25, 0.3) is 66.2 Å². The minimum absolute atomic E-state index is 0.0380. The summed E-state index contributed by atoms with van der Waals surface area (Å²) in [6.45, 7) is 24.7. The van der Waals surface area contributed by atoms with E-state index < -0.39 is 53.8 Å². The molecule has 0 aliphatic carbocycles. The minimum atomic E-state index is -0.678. The number of fused-ring (bicyclic) bond motifs is 4. The number of alkyl halides is 1. The summed E-state index contributed by atoms with van der Waals surface area (Å²) in [5, 5.41) is 30.6. The monoisotopic (exact) mass is 2130 g/mol. The Morgan fingerprint density at radius 2 is 0.984 bits per heavy atom. The Labute approximate surface area is 763 Å². The number of halogens is 9. The molecular weight excluding hydrogens is 2040 g/mol. The van der Waals surface area contributed by atoms with Gasteiger partial charge in [-0.25, -0.2) is 76.8 Å². The Morgan fingerprint density at radius 3 is 1.40 bits per heavy atom. The SMILES string of the molecule is CC(C)OB1OC(C)(C)C(C)(C)O1.CC(c1nc2ccc(F)cn2c(=O)c1-c1cccc(F)c1)n1nc(I)c2c(N)ncnc21.CI.COCc1ncc(-c2nn(C(C)c3nc4ccc(F)cn4c(=O)c3-c3cccc(F)c3)c3ncnc(N)c23)s1.COCc1ncc(B2OC(C)(C)C(C)(C)O2)s1.CSF.OCc1ncc(Br)s1.OCc1ncc(Br)s1. The summed E-state index contributed by atoms with van der Waals surface area (Å²) in [7, 11) is 2.41. The molecule has 2 aliphatic heterocycles. The van der Waals surface area contributed by atoms with E-state index in [1.165, 1.54) is 114 Å². The summed E-state index contributed by atoms with van der Waals surface area (Å²) >= 11 is 16.7. The van der Waals surface area contributed by atoms with Crippen LogP contribution in [0, 0.1) is 27.0 Å². The van der Waals surface area contributed by atoms with Crippen LogP contribution < -0.4 is 27.4 Å². The molecule has 648 valence electrons. The quantitative estimate of drug-likeness (QED) is 0.0302. The number of pyridine rings is 2. The molecule has 2 saturated heterocycles. The van der Waals surface area contributed by atoms with E-state index in [9.17, 15) is 31.0 Å². The minimum Gasteiger partial charge on any atom is -0.399 e. The number of thiazole rings is 4. The number of nitrogens with zero attached hydrogens (tertiary/aromatic N) is 16. The second-order valence-corrected chi connectivity index (χ2v) is 36.9. The zero-order chi connectivity index (χ0) is 89.5. The molecule has 2 atom stereocenters. The van der Waals surface area contributed by atoms with Crippen molar-refractivity contribution >= 4 is 199 Å². The van der Waals surface area contributed by atoms with Crippen molar-refractivity contribution in [1.82, 2.24) is 78.2 Å². The van der Waals surface area contributed by atoms with Crippen LogP contribution in [0.3, 0.4) is 0 Å². The summed E-state index contributed by atoms with van der Waals surface area (Å²) in [6.07, 6.45) is 13.1. The number of hydrogen-bond donors (Lipinski definition) is 4. The number of aromatic nitrogens is 16. The summed E-state index contributed by atoms with van der Waals surface area (Å²) < 4.78 is 114. The number of anilines is 2. The van der Waals surface area contributed by atoms with Crippen LogP contribution in [0.4, 0.5) is 33.1 Å². The van der Waals surface area contributed by atoms with Crippen LogP contribution in [0.5, 0.6) is 0 Å². The number of nitrogen functional groups attached to an aromatic ring is 2. The second-order valence-electron chi connectivity index (χ2n) is 28.4. The van der Waals surface area contributed by atoms with Crippen LogP contribution in [0.2, 0.25) is 0 Å². The van der Waals surface area contributed by atoms with E-state index in [1.54, 1.807) is 85.7 Å². The van der Waals surface area contributed by atoms with Crippen LogP contribution in [-0.4, -0.2) is 157 Å². The lowest BCUT2D eigenvalue weighted by atomic mass is 9.89. The molecule has 12 aromatic heterocycles. The molecule has 0 spiro atoms. The van der Waals surface area contributed by atoms with Crippen molar-refractivity contribution in [2.45, 2.75) is 150 Å². The van der Waals surface area contributed by atoms with Gasteiger partial charge in [-0.3, -0.25) is 18.4 Å².